The zero-order valence-electron chi connectivity index (χ0n) is 16.2. The van der Waals surface area contributed by atoms with E-state index in [0.29, 0.717) is 32.0 Å². The van der Waals surface area contributed by atoms with E-state index in [1.807, 2.05) is 0 Å². The lowest BCUT2D eigenvalue weighted by Gasteiger charge is -2.15. The molecule has 0 atom stereocenters. The topological polar surface area (TPSA) is 86.5 Å². The minimum atomic E-state index is -0.938. The first kappa shape index (κ1) is 21.6. The normalized spacial score (nSPS) is 10.5. The van der Waals surface area contributed by atoms with E-state index in [1.54, 1.807) is 62.4 Å². The number of nitrogens with zero attached hydrogens (tertiary/aromatic N) is 4. The van der Waals surface area contributed by atoms with Gasteiger partial charge in [0.2, 0.25) is 0 Å². The zero-order valence-corrected chi connectivity index (χ0v) is 17.7. The number of imide groups is 1. The molecule has 2 amide bonds. The minimum Gasteiger partial charge on any atom is -0.449 e. The molecule has 8 nitrogen and oxygen atoms in total. The predicted octanol–water partition coefficient (Wildman–Crippen LogP) is 5.36. The molecule has 0 radical (unpaired) electrons. The maximum atomic E-state index is 12.4. The Morgan fingerprint density at radius 2 is 1.40 bits per heavy atom. The second kappa shape index (κ2) is 9.60. The van der Waals surface area contributed by atoms with Gasteiger partial charge in [-0.3, -0.25) is 0 Å². The Bertz CT molecular complexity index is 955. The number of hydrogen-bond donors (Lipinski definition) is 0. The maximum Gasteiger partial charge on any atom is 0.426 e. The van der Waals surface area contributed by atoms with E-state index in [4.69, 9.17) is 32.7 Å². The Balaban J connectivity index is 2.15. The van der Waals surface area contributed by atoms with Crippen LogP contribution < -0.4 is 4.90 Å². The van der Waals surface area contributed by atoms with Gasteiger partial charge >= 0.3 is 12.2 Å². The van der Waals surface area contributed by atoms with Crippen molar-refractivity contribution >= 4 is 41.3 Å². The van der Waals surface area contributed by atoms with Crippen molar-refractivity contribution in [1.82, 2.24) is 14.8 Å². The van der Waals surface area contributed by atoms with Crippen LogP contribution in [0, 0.1) is 0 Å². The summed E-state index contributed by atoms with van der Waals surface area (Å²) in [4.78, 5) is 29.9. The van der Waals surface area contributed by atoms with Crippen molar-refractivity contribution in [2.45, 2.75) is 13.8 Å². The molecule has 0 bridgehead atoms. The number of carbonyl (C=O) groups excluding carboxylic acids is 2. The molecule has 0 N–H and O–H groups in total. The van der Waals surface area contributed by atoms with Crippen molar-refractivity contribution in [3.05, 3.63) is 58.6 Å². The van der Waals surface area contributed by atoms with Gasteiger partial charge in [0.05, 0.1) is 18.9 Å². The van der Waals surface area contributed by atoms with Crippen molar-refractivity contribution in [2.75, 3.05) is 18.1 Å². The third kappa shape index (κ3) is 4.72. The van der Waals surface area contributed by atoms with Crippen LogP contribution in [-0.4, -0.2) is 40.2 Å². The van der Waals surface area contributed by atoms with Gasteiger partial charge in [0, 0.05) is 15.6 Å². The van der Waals surface area contributed by atoms with Crippen molar-refractivity contribution in [3.63, 3.8) is 0 Å². The first-order chi connectivity index (χ1) is 14.4. The van der Waals surface area contributed by atoms with Crippen LogP contribution in [0.2, 0.25) is 10.0 Å². The highest BCUT2D eigenvalue weighted by Crippen LogP contribution is 2.26. The molecule has 0 spiro atoms. The van der Waals surface area contributed by atoms with Gasteiger partial charge in [0.15, 0.2) is 5.82 Å². The number of benzene rings is 2. The molecule has 3 aromatic rings. The van der Waals surface area contributed by atoms with Crippen molar-refractivity contribution < 1.29 is 19.1 Å². The molecule has 0 saturated heterocycles. The highest BCUT2D eigenvalue weighted by molar-refractivity contribution is 6.30. The van der Waals surface area contributed by atoms with Crippen LogP contribution in [0.5, 0.6) is 0 Å². The minimum absolute atomic E-state index is 0.0661. The second-order valence-electron chi connectivity index (χ2n) is 5.86. The fourth-order valence-electron chi connectivity index (χ4n) is 2.56. The molecular weight excluding hydrogens is 431 g/mol. The Kier molecular flexibility index (Phi) is 6.91. The van der Waals surface area contributed by atoms with Crippen LogP contribution in [-0.2, 0) is 9.47 Å². The summed E-state index contributed by atoms with van der Waals surface area (Å²) < 4.78 is 11.4. The van der Waals surface area contributed by atoms with E-state index in [1.165, 1.54) is 4.68 Å². The third-order valence-corrected chi connectivity index (χ3v) is 4.37. The summed E-state index contributed by atoms with van der Waals surface area (Å²) in [6.07, 6.45) is -1.88. The number of carbonyl (C=O) groups is 2. The van der Waals surface area contributed by atoms with Gasteiger partial charge in [-0.05, 0) is 62.4 Å². The van der Waals surface area contributed by atoms with Crippen molar-refractivity contribution in [1.29, 1.82) is 0 Å². The van der Waals surface area contributed by atoms with Crippen molar-refractivity contribution in [3.8, 4) is 17.1 Å². The summed E-state index contributed by atoms with van der Waals surface area (Å²) in [6, 6.07) is 13.8. The predicted molar refractivity (Wildman–Crippen MR) is 113 cm³/mol. The monoisotopic (exact) mass is 448 g/mol. The SMILES string of the molecule is CCOC(=O)N(C(=O)OCC)c1nc(-c2ccc(Cl)cc2)n(-c2ccc(Cl)cc2)n1. The Morgan fingerprint density at radius 3 is 1.90 bits per heavy atom. The molecule has 3 rings (SSSR count). The van der Waals surface area contributed by atoms with Gasteiger partial charge in [-0.2, -0.15) is 4.98 Å². The summed E-state index contributed by atoms with van der Waals surface area (Å²) >= 11 is 12.0. The summed E-state index contributed by atoms with van der Waals surface area (Å²) in [7, 11) is 0. The van der Waals surface area contributed by atoms with E-state index in [9.17, 15) is 9.59 Å². The number of ether oxygens (including phenoxy) is 2. The quantitative estimate of drug-likeness (QED) is 0.521. The van der Waals surface area contributed by atoms with E-state index in [2.05, 4.69) is 10.1 Å². The summed E-state index contributed by atoms with van der Waals surface area (Å²) in [6.45, 7) is 3.38. The number of aromatic nitrogens is 3. The van der Waals surface area contributed by atoms with Crippen LogP contribution in [0.3, 0.4) is 0 Å². The Labute approximate surface area is 182 Å². The summed E-state index contributed by atoms with van der Waals surface area (Å²) in [5, 5.41) is 5.47. The van der Waals surface area contributed by atoms with Crippen LogP contribution in [0.4, 0.5) is 15.5 Å². The molecule has 0 aliphatic heterocycles. The summed E-state index contributed by atoms with van der Waals surface area (Å²) in [5.41, 5.74) is 1.29. The molecule has 10 heteroatoms. The van der Waals surface area contributed by atoms with Gasteiger partial charge in [-0.25, -0.2) is 14.3 Å². The molecule has 30 heavy (non-hydrogen) atoms. The number of rotatable bonds is 5. The molecule has 156 valence electrons. The molecular formula is C20H18Cl2N4O4. The lowest BCUT2D eigenvalue weighted by Crippen LogP contribution is -2.38. The first-order valence-electron chi connectivity index (χ1n) is 9.07. The Hall–Kier alpha value is -3.10. The molecule has 1 aromatic heterocycles. The van der Waals surface area contributed by atoms with Crippen LogP contribution in [0.25, 0.3) is 17.1 Å². The fraction of sp³-hybridized carbons (Fsp3) is 0.200. The highest BCUT2D eigenvalue weighted by atomic mass is 35.5. The molecule has 0 unspecified atom stereocenters. The molecule has 2 aromatic carbocycles. The lowest BCUT2D eigenvalue weighted by atomic mass is 10.2. The molecule has 1 heterocycles. The average Bonchev–Trinajstić information content (AvgIpc) is 3.14. The van der Waals surface area contributed by atoms with Gasteiger partial charge in [0.25, 0.3) is 5.95 Å². The van der Waals surface area contributed by atoms with Gasteiger partial charge in [0.1, 0.15) is 0 Å². The smallest absolute Gasteiger partial charge is 0.426 e. The number of anilines is 1. The number of halogens is 2. The lowest BCUT2D eigenvalue weighted by molar-refractivity contribution is 0.140. The van der Waals surface area contributed by atoms with E-state index in [0.717, 1.165) is 0 Å². The van der Waals surface area contributed by atoms with E-state index in [-0.39, 0.29) is 19.2 Å². The molecule has 0 fully saturated rings. The Morgan fingerprint density at radius 1 is 0.900 bits per heavy atom. The molecule has 0 aliphatic carbocycles. The first-order valence-corrected chi connectivity index (χ1v) is 9.82. The number of amides is 2. The zero-order chi connectivity index (χ0) is 21.7. The van der Waals surface area contributed by atoms with Gasteiger partial charge < -0.3 is 9.47 Å². The fourth-order valence-corrected chi connectivity index (χ4v) is 2.81. The molecule has 0 saturated carbocycles. The average molecular weight is 449 g/mol. The van der Waals surface area contributed by atoms with Crippen LogP contribution in [0.15, 0.2) is 48.5 Å². The number of hydrogen-bond acceptors (Lipinski definition) is 6. The summed E-state index contributed by atoms with van der Waals surface area (Å²) in [5.74, 6) is 0.189. The van der Waals surface area contributed by atoms with Crippen molar-refractivity contribution in [2.24, 2.45) is 0 Å². The van der Waals surface area contributed by atoms with Gasteiger partial charge in [-0.15, -0.1) is 10.00 Å². The maximum absolute atomic E-state index is 12.4. The third-order valence-electron chi connectivity index (χ3n) is 3.87. The van der Waals surface area contributed by atoms with Crippen LogP contribution in [0.1, 0.15) is 13.8 Å². The standard InChI is InChI=1S/C20H18Cl2N4O4/c1-3-29-19(27)25(20(28)30-4-2)18-23-17(13-5-7-14(21)8-6-13)26(24-18)16-11-9-15(22)10-12-16/h5-12H,3-4H2,1-2H3. The van der Waals surface area contributed by atoms with E-state index < -0.39 is 12.2 Å². The van der Waals surface area contributed by atoms with Gasteiger partial charge in [-0.1, -0.05) is 23.2 Å². The largest absolute Gasteiger partial charge is 0.449 e. The van der Waals surface area contributed by atoms with E-state index >= 15 is 0 Å². The molecule has 0 aliphatic rings. The highest BCUT2D eigenvalue weighted by Gasteiger charge is 2.31. The second-order valence-corrected chi connectivity index (χ2v) is 6.74. The van der Waals surface area contributed by atoms with Crippen LogP contribution >= 0.6 is 23.2 Å².